The Labute approximate surface area is 174 Å². The van der Waals surface area contributed by atoms with E-state index in [1.807, 2.05) is 41.1 Å². The van der Waals surface area contributed by atoms with Crippen molar-refractivity contribution in [1.29, 1.82) is 0 Å². The van der Waals surface area contributed by atoms with E-state index in [4.69, 9.17) is 5.73 Å². The number of urea groups is 1. The van der Waals surface area contributed by atoms with Crippen LogP contribution in [0.1, 0.15) is 21.5 Å². The van der Waals surface area contributed by atoms with E-state index in [9.17, 15) is 18.0 Å². The zero-order valence-corrected chi connectivity index (χ0v) is 16.7. The average Bonchev–Trinajstić information content (AvgIpc) is 2.88. The second-order valence-corrected chi connectivity index (χ2v) is 8.51. The molecule has 0 fully saturated rings. The predicted molar refractivity (Wildman–Crippen MR) is 113 cm³/mol. The van der Waals surface area contributed by atoms with Crippen molar-refractivity contribution in [3.05, 3.63) is 89.5 Å². The SMILES string of the molecule is NC(=O)N1c2ccccc2CCc2ccccc21.O=C1NS(=O)(=O)c2ccccc21. The molecule has 3 aromatic rings. The number of sulfonamides is 1. The third-order valence-corrected chi connectivity index (χ3v) is 6.39. The van der Waals surface area contributed by atoms with Gasteiger partial charge >= 0.3 is 6.03 Å². The summed E-state index contributed by atoms with van der Waals surface area (Å²) in [5.74, 6) is -0.550. The maximum atomic E-state index is 11.8. The van der Waals surface area contributed by atoms with Crippen LogP contribution in [-0.4, -0.2) is 20.4 Å². The lowest BCUT2D eigenvalue weighted by Crippen LogP contribution is -2.32. The van der Waals surface area contributed by atoms with Crippen LogP contribution in [0, 0.1) is 0 Å². The van der Waals surface area contributed by atoms with E-state index in [-0.39, 0.29) is 10.5 Å². The average molecular weight is 421 g/mol. The van der Waals surface area contributed by atoms with Crippen molar-refractivity contribution in [2.24, 2.45) is 5.73 Å². The molecule has 5 rings (SSSR count). The molecule has 2 aliphatic heterocycles. The summed E-state index contributed by atoms with van der Waals surface area (Å²) < 4.78 is 24.2. The van der Waals surface area contributed by atoms with Crippen molar-refractivity contribution in [3.8, 4) is 0 Å². The molecule has 2 heterocycles. The molecule has 0 atom stereocenters. The molecule has 0 saturated carbocycles. The molecular weight excluding hydrogens is 402 g/mol. The van der Waals surface area contributed by atoms with Gasteiger partial charge in [0.15, 0.2) is 0 Å². The van der Waals surface area contributed by atoms with Gasteiger partial charge in [0.2, 0.25) is 0 Å². The molecule has 3 amide bonds. The van der Waals surface area contributed by atoms with Crippen LogP contribution >= 0.6 is 0 Å². The Bertz CT molecular complexity index is 1210. The highest BCUT2D eigenvalue weighted by Crippen LogP contribution is 2.35. The van der Waals surface area contributed by atoms with Crippen molar-refractivity contribution in [2.75, 3.05) is 4.90 Å². The number of hydrogen-bond donors (Lipinski definition) is 2. The van der Waals surface area contributed by atoms with Gasteiger partial charge in [-0.3, -0.25) is 9.69 Å². The van der Waals surface area contributed by atoms with Gasteiger partial charge in [-0.25, -0.2) is 17.9 Å². The molecule has 3 N–H and O–H groups in total. The van der Waals surface area contributed by atoms with Gasteiger partial charge in [-0.15, -0.1) is 0 Å². The van der Waals surface area contributed by atoms with Gasteiger partial charge in [0.1, 0.15) is 4.90 Å². The Balaban J connectivity index is 0.000000158. The first-order chi connectivity index (χ1) is 14.4. The highest BCUT2D eigenvalue weighted by Gasteiger charge is 2.31. The Kier molecular flexibility index (Phi) is 5.01. The van der Waals surface area contributed by atoms with Crippen LogP contribution in [0.4, 0.5) is 16.2 Å². The van der Waals surface area contributed by atoms with Crippen molar-refractivity contribution in [3.63, 3.8) is 0 Å². The number of aryl methyl sites for hydroxylation is 2. The number of benzene rings is 3. The molecule has 0 radical (unpaired) electrons. The Morgan fingerprint density at radius 3 is 1.87 bits per heavy atom. The zero-order valence-electron chi connectivity index (χ0n) is 15.9. The minimum Gasteiger partial charge on any atom is -0.351 e. The number of nitrogens with one attached hydrogen (secondary N) is 1. The first kappa shape index (κ1) is 19.7. The topological polar surface area (TPSA) is 110 Å². The van der Waals surface area contributed by atoms with Gasteiger partial charge in [-0.1, -0.05) is 48.5 Å². The molecule has 0 spiro atoms. The summed E-state index contributed by atoms with van der Waals surface area (Å²) in [5.41, 5.74) is 9.89. The van der Waals surface area contributed by atoms with Crippen molar-refractivity contribution < 1.29 is 18.0 Å². The number of para-hydroxylation sites is 2. The highest BCUT2D eigenvalue weighted by atomic mass is 32.2. The van der Waals surface area contributed by atoms with Gasteiger partial charge in [0.05, 0.1) is 16.9 Å². The van der Waals surface area contributed by atoms with E-state index in [1.165, 1.54) is 12.1 Å². The molecule has 7 nitrogen and oxygen atoms in total. The number of carbonyl (C=O) groups is 2. The van der Waals surface area contributed by atoms with E-state index >= 15 is 0 Å². The molecule has 0 bridgehead atoms. The normalized spacial score (nSPS) is 15.5. The molecular formula is C22H19N3O4S. The quantitative estimate of drug-likeness (QED) is 0.581. The molecule has 0 saturated heterocycles. The minimum atomic E-state index is -3.55. The number of hydrogen-bond acceptors (Lipinski definition) is 4. The predicted octanol–water partition coefficient (Wildman–Crippen LogP) is 3.12. The summed E-state index contributed by atoms with van der Waals surface area (Å²) in [6.07, 6.45) is 1.86. The summed E-state index contributed by atoms with van der Waals surface area (Å²) >= 11 is 0. The van der Waals surface area contributed by atoms with Gasteiger partial charge in [0, 0.05) is 0 Å². The van der Waals surface area contributed by atoms with Crippen LogP contribution in [0.2, 0.25) is 0 Å². The van der Waals surface area contributed by atoms with Crippen molar-refractivity contribution >= 4 is 33.3 Å². The van der Waals surface area contributed by atoms with E-state index in [1.54, 1.807) is 17.0 Å². The van der Waals surface area contributed by atoms with Gasteiger partial charge in [-0.05, 0) is 48.2 Å². The highest BCUT2D eigenvalue weighted by molar-refractivity contribution is 7.90. The third-order valence-electron chi connectivity index (χ3n) is 5.00. The smallest absolute Gasteiger partial charge is 0.323 e. The first-order valence-corrected chi connectivity index (χ1v) is 10.8. The summed E-state index contributed by atoms with van der Waals surface area (Å²) in [4.78, 5) is 24.4. The third kappa shape index (κ3) is 3.53. The van der Waals surface area contributed by atoms with Gasteiger partial charge < -0.3 is 5.73 Å². The fourth-order valence-electron chi connectivity index (χ4n) is 3.64. The Morgan fingerprint density at radius 2 is 1.33 bits per heavy atom. The standard InChI is InChI=1S/C15H14N2O.C7H5NO3S/c16-15(18)17-13-7-3-1-5-11(13)9-10-12-6-2-4-8-14(12)17;9-7-5-3-1-2-4-6(5)12(10,11)8-7/h1-8H,9-10H2,(H2,16,18);1-4H,(H,8,9). The monoisotopic (exact) mass is 421 g/mol. The number of nitrogens with zero attached hydrogens (tertiary/aromatic N) is 1. The lowest BCUT2D eigenvalue weighted by Gasteiger charge is -2.22. The molecule has 0 unspecified atom stereocenters. The number of anilines is 2. The number of primary amides is 1. The summed E-state index contributed by atoms with van der Waals surface area (Å²) in [5, 5.41) is 0. The van der Waals surface area contributed by atoms with E-state index in [0.29, 0.717) is 0 Å². The van der Waals surface area contributed by atoms with Crippen LogP contribution in [0.3, 0.4) is 0 Å². The molecule has 0 aromatic heterocycles. The molecule has 30 heavy (non-hydrogen) atoms. The van der Waals surface area contributed by atoms with Gasteiger partial charge in [0.25, 0.3) is 15.9 Å². The number of fused-ring (bicyclic) bond motifs is 3. The largest absolute Gasteiger partial charge is 0.351 e. The maximum Gasteiger partial charge on any atom is 0.323 e. The zero-order chi connectivity index (χ0) is 21.3. The first-order valence-electron chi connectivity index (χ1n) is 9.30. The number of amides is 3. The second kappa shape index (κ2) is 7.64. The van der Waals surface area contributed by atoms with E-state index in [0.717, 1.165) is 35.3 Å². The van der Waals surface area contributed by atoms with Crippen LogP contribution in [0.15, 0.2) is 77.7 Å². The minimum absolute atomic E-state index is 0.0648. The van der Waals surface area contributed by atoms with Crippen LogP contribution in [0.5, 0.6) is 0 Å². The second-order valence-electron chi connectivity index (χ2n) is 6.86. The molecule has 152 valence electrons. The van der Waals surface area contributed by atoms with E-state index < -0.39 is 22.0 Å². The lowest BCUT2D eigenvalue weighted by atomic mass is 10.0. The van der Waals surface area contributed by atoms with Crippen LogP contribution in [-0.2, 0) is 22.9 Å². The lowest BCUT2D eigenvalue weighted by molar-refractivity contribution is 0.0985. The van der Waals surface area contributed by atoms with E-state index in [2.05, 4.69) is 12.1 Å². The number of nitrogens with two attached hydrogens (primary N) is 1. The summed E-state index contributed by atoms with van der Waals surface area (Å²) in [6, 6.07) is 21.5. The summed E-state index contributed by atoms with van der Waals surface area (Å²) in [7, 11) is -3.55. The van der Waals surface area contributed by atoms with Crippen LogP contribution < -0.4 is 15.4 Å². The fourth-order valence-corrected chi connectivity index (χ4v) is 4.81. The van der Waals surface area contributed by atoms with Crippen molar-refractivity contribution in [2.45, 2.75) is 17.7 Å². The maximum absolute atomic E-state index is 11.8. The molecule has 3 aromatic carbocycles. The molecule has 0 aliphatic carbocycles. The van der Waals surface area contributed by atoms with Gasteiger partial charge in [-0.2, -0.15) is 0 Å². The van der Waals surface area contributed by atoms with Crippen LogP contribution in [0.25, 0.3) is 0 Å². The molecule has 2 aliphatic rings. The molecule has 8 heteroatoms. The Morgan fingerprint density at radius 1 is 0.833 bits per heavy atom. The van der Waals surface area contributed by atoms with Crippen molar-refractivity contribution in [1.82, 2.24) is 4.72 Å². The summed E-state index contributed by atoms with van der Waals surface area (Å²) in [6.45, 7) is 0. The Hall–Kier alpha value is -3.65. The number of carbonyl (C=O) groups excluding carboxylic acids is 2. The number of rotatable bonds is 0. The fraction of sp³-hybridized carbons (Fsp3) is 0.0909.